The Morgan fingerprint density at radius 2 is 2.16 bits per heavy atom. The molecule has 1 atom stereocenters. The highest BCUT2D eigenvalue weighted by Gasteiger charge is 2.30. The molecule has 0 aromatic carbocycles. The summed E-state index contributed by atoms with van der Waals surface area (Å²) in [5, 5.41) is 11.5. The molecule has 4 rings (SSSR count). The highest BCUT2D eigenvalue weighted by Crippen LogP contribution is 2.43. The molecule has 0 spiro atoms. The Morgan fingerprint density at radius 1 is 1.35 bits per heavy atom. The Kier molecular flexibility index (Phi) is 6.03. The first-order valence-corrected chi connectivity index (χ1v) is 10.8. The number of nitrogens with one attached hydrogen (secondary N) is 2. The number of carbonyl (C=O) groups is 1. The molecule has 3 aromatic rings. The van der Waals surface area contributed by atoms with Crippen LogP contribution in [0.4, 0.5) is 5.82 Å². The summed E-state index contributed by atoms with van der Waals surface area (Å²) in [6.45, 7) is 5.78. The molecule has 9 nitrogen and oxygen atoms in total. The third-order valence-electron chi connectivity index (χ3n) is 5.57. The van der Waals surface area contributed by atoms with E-state index in [0.29, 0.717) is 28.6 Å². The maximum absolute atomic E-state index is 12.0. The van der Waals surface area contributed by atoms with Crippen LogP contribution in [-0.2, 0) is 0 Å². The summed E-state index contributed by atoms with van der Waals surface area (Å²) in [7, 11) is 1.66. The van der Waals surface area contributed by atoms with E-state index < -0.39 is 5.91 Å². The van der Waals surface area contributed by atoms with E-state index in [1.165, 1.54) is 0 Å². The number of aromatic nitrogens is 4. The maximum Gasteiger partial charge on any atom is 0.252 e. The van der Waals surface area contributed by atoms with Gasteiger partial charge in [0.15, 0.2) is 5.65 Å². The summed E-state index contributed by atoms with van der Waals surface area (Å²) in [4.78, 5) is 21.2. The van der Waals surface area contributed by atoms with Gasteiger partial charge in [-0.3, -0.25) is 4.79 Å². The molecule has 0 bridgehead atoms. The SMILES string of the molecule is CCNCC(CC)Nc1nc(-c2cnc3cc(OC)c(C4CC4)nn23)ccc1C(N)=O. The van der Waals surface area contributed by atoms with Gasteiger partial charge in [-0.1, -0.05) is 13.8 Å². The number of hydrogen-bond acceptors (Lipinski definition) is 7. The van der Waals surface area contributed by atoms with Gasteiger partial charge in [0, 0.05) is 24.6 Å². The van der Waals surface area contributed by atoms with Crippen molar-refractivity contribution in [1.82, 2.24) is 24.9 Å². The summed E-state index contributed by atoms with van der Waals surface area (Å²) >= 11 is 0. The molecule has 1 aliphatic carbocycles. The molecular formula is C22H29N7O2. The minimum atomic E-state index is -0.517. The number of fused-ring (bicyclic) bond motifs is 1. The number of likely N-dealkylation sites (N-methyl/N-ethyl adjacent to an activating group) is 1. The van der Waals surface area contributed by atoms with Crippen molar-refractivity contribution in [1.29, 1.82) is 0 Å². The smallest absolute Gasteiger partial charge is 0.252 e. The molecule has 3 aromatic heterocycles. The molecule has 9 heteroatoms. The molecule has 4 N–H and O–H groups in total. The van der Waals surface area contributed by atoms with Gasteiger partial charge in [0.1, 0.15) is 23.0 Å². The van der Waals surface area contributed by atoms with Crippen LogP contribution < -0.4 is 21.1 Å². The number of imidazole rings is 1. The fourth-order valence-electron chi connectivity index (χ4n) is 3.61. The van der Waals surface area contributed by atoms with Gasteiger partial charge in [-0.15, -0.1) is 0 Å². The van der Waals surface area contributed by atoms with Gasteiger partial charge in [-0.2, -0.15) is 5.10 Å². The average molecular weight is 424 g/mol. The Hall–Kier alpha value is -3.20. The van der Waals surface area contributed by atoms with Crippen molar-refractivity contribution < 1.29 is 9.53 Å². The highest BCUT2D eigenvalue weighted by molar-refractivity contribution is 5.98. The third-order valence-corrected chi connectivity index (χ3v) is 5.57. The first-order chi connectivity index (χ1) is 15.0. The van der Waals surface area contributed by atoms with Crippen LogP contribution in [0.15, 0.2) is 24.4 Å². The zero-order valence-electron chi connectivity index (χ0n) is 18.2. The van der Waals surface area contributed by atoms with Crippen LogP contribution in [0.3, 0.4) is 0 Å². The number of hydrogen-bond donors (Lipinski definition) is 3. The predicted molar refractivity (Wildman–Crippen MR) is 120 cm³/mol. The number of rotatable bonds is 10. The van der Waals surface area contributed by atoms with Gasteiger partial charge in [-0.05, 0) is 37.9 Å². The van der Waals surface area contributed by atoms with Crippen molar-refractivity contribution >= 4 is 17.4 Å². The lowest BCUT2D eigenvalue weighted by molar-refractivity contribution is 0.100. The summed E-state index contributed by atoms with van der Waals surface area (Å²) in [6.07, 6.45) is 4.84. The van der Waals surface area contributed by atoms with Crippen LogP contribution in [0.2, 0.25) is 0 Å². The molecule has 1 saturated carbocycles. The second-order valence-electron chi connectivity index (χ2n) is 7.80. The second kappa shape index (κ2) is 8.89. The molecule has 1 unspecified atom stereocenters. The van der Waals surface area contributed by atoms with Crippen molar-refractivity contribution in [2.75, 3.05) is 25.5 Å². The van der Waals surface area contributed by atoms with Crippen LogP contribution in [0.5, 0.6) is 5.75 Å². The molecule has 0 saturated heterocycles. The lowest BCUT2D eigenvalue weighted by Gasteiger charge is -2.20. The summed E-state index contributed by atoms with van der Waals surface area (Å²) in [6, 6.07) is 5.51. The highest BCUT2D eigenvalue weighted by atomic mass is 16.5. The average Bonchev–Trinajstić information content (AvgIpc) is 3.54. The minimum absolute atomic E-state index is 0.117. The van der Waals surface area contributed by atoms with Gasteiger partial charge >= 0.3 is 0 Å². The standard InChI is InChI=1S/C22H29N7O2/c1-4-14(11-24-5-2)26-22-15(21(23)30)8-9-16(27-22)17-12-25-19-10-18(31-3)20(13-6-7-13)28-29(17)19/h8-10,12-14,24H,4-7,11H2,1-3H3,(H2,23,30)(H,26,27). The first kappa shape index (κ1) is 21.0. The second-order valence-corrected chi connectivity index (χ2v) is 7.80. The Morgan fingerprint density at radius 3 is 2.81 bits per heavy atom. The normalized spacial score (nSPS) is 14.5. The maximum atomic E-state index is 12.0. The number of nitrogens with two attached hydrogens (primary N) is 1. The molecule has 164 valence electrons. The molecule has 0 radical (unpaired) electrons. The number of nitrogens with zero attached hydrogens (tertiary/aromatic N) is 4. The number of methoxy groups -OCH3 is 1. The third kappa shape index (κ3) is 4.32. The van der Waals surface area contributed by atoms with Gasteiger partial charge in [-0.25, -0.2) is 14.5 Å². The molecule has 31 heavy (non-hydrogen) atoms. The fraction of sp³-hybridized carbons (Fsp3) is 0.455. The van der Waals surface area contributed by atoms with Gasteiger partial charge in [0.25, 0.3) is 5.91 Å². The topological polar surface area (TPSA) is 119 Å². The van der Waals surface area contributed by atoms with Crippen molar-refractivity contribution in [3.05, 3.63) is 35.7 Å². The molecule has 1 fully saturated rings. The minimum Gasteiger partial charge on any atom is -0.495 e. The zero-order valence-corrected chi connectivity index (χ0v) is 18.2. The lowest BCUT2D eigenvalue weighted by Crippen LogP contribution is -2.33. The van der Waals surface area contributed by atoms with Crippen molar-refractivity contribution in [2.45, 2.75) is 45.1 Å². The Balaban J connectivity index is 1.75. The molecule has 1 amide bonds. The van der Waals surface area contributed by atoms with Crippen LogP contribution in [-0.4, -0.2) is 51.7 Å². The van der Waals surface area contributed by atoms with Crippen molar-refractivity contribution in [3.8, 4) is 17.1 Å². The Bertz CT molecular complexity index is 1090. The molecule has 1 aliphatic rings. The number of anilines is 1. The van der Waals surface area contributed by atoms with Crippen molar-refractivity contribution in [3.63, 3.8) is 0 Å². The number of ether oxygens (including phenoxy) is 1. The van der Waals surface area contributed by atoms with E-state index in [0.717, 1.165) is 49.5 Å². The summed E-state index contributed by atoms with van der Waals surface area (Å²) in [5.41, 5.74) is 9.01. The number of primary amides is 1. The largest absolute Gasteiger partial charge is 0.495 e. The van der Waals surface area contributed by atoms with E-state index in [2.05, 4.69) is 29.5 Å². The van der Waals surface area contributed by atoms with E-state index in [-0.39, 0.29) is 6.04 Å². The van der Waals surface area contributed by atoms with Gasteiger partial charge < -0.3 is 21.1 Å². The van der Waals surface area contributed by atoms with Crippen LogP contribution in [0.1, 0.15) is 55.1 Å². The van der Waals surface area contributed by atoms with E-state index in [9.17, 15) is 4.79 Å². The van der Waals surface area contributed by atoms with Crippen molar-refractivity contribution in [2.24, 2.45) is 5.73 Å². The number of carbonyl (C=O) groups excluding carboxylic acids is 1. The molecule has 0 aliphatic heterocycles. The van der Waals surface area contributed by atoms with Crippen LogP contribution in [0.25, 0.3) is 17.0 Å². The summed E-state index contributed by atoms with van der Waals surface area (Å²) in [5.74, 6) is 1.15. The first-order valence-electron chi connectivity index (χ1n) is 10.8. The summed E-state index contributed by atoms with van der Waals surface area (Å²) < 4.78 is 7.31. The van der Waals surface area contributed by atoms with Gasteiger partial charge in [0.2, 0.25) is 0 Å². The molecular weight excluding hydrogens is 394 g/mol. The monoisotopic (exact) mass is 423 g/mol. The fourth-order valence-corrected chi connectivity index (χ4v) is 3.61. The van der Waals surface area contributed by atoms with E-state index >= 15 is 0 Å². The predicted octanol–water partition coefficient (Wildman–Crippen LogP) is 2.58. The van der Waals surface area contributed by atoms with Crippen LogP contribution >= 0.6 is 0 Å². The van der Waals surface area contributed by atoms with Gasteiger partial charge in [0.05, 0.1) is 24.6 Å². The van der Waals surface area contributed by atoms with E-state index in [1.807, 2.05) is 6.07 Å². The molecule has 3 heterocycles. The quantitative estimate of drug-likeness (QED) is 0.458. The van der Waals surface area contributed by atoms with Crippen LogP contribution in [0, 0.1) is 0 Å². The zero-order chi connectivity index (χ0) is 22.0. The van der Waals surface area contributed by atoms with E-state index in [1.54, 1.807) is 30.0 Å². The van der Waals surface area contributed by atoms with E-state index in [4.69, 9.17) is 20.6 Å². The lowest BCUT2D eigenvalue weighted by atomic mass is 10.1. The Labute approximate surface area is 181 Å². The number of pyridine rings is 1. The number of amides is 1.